The summed E-state index contributed by atoms with van der Waals surface area (Å²) in [6.45, 7) is 1.39. The first kappa shape index (κ1) is 16.4. The lowest BCUT2D eigenvalue weighted by Gasteiger charge is -2.25. The minimum atomic E-state index is -1.49. The van der Waals surface area contributed by atoms with Gasteiger partial charge in [0.05, 0.1) is 22.6 Å². The van der Waals surface area contributed by atoms with E-state index in [4.69, 9.17) is 10.2 Å². The summed E-state index contributed by atoms with van der Waals surface area (Å²) >= 11 is 0. The first-order valence-corrected chi connectivity index (χ1v) is 6.57. The van der Waals surface area contributed by atoms with Crippen LogP contribution in [0.5, 0.6) is 5.75 Å². The molecule has 1 aliphatic rings. The lowest BCUT2D eigenvalue weighted by atomic mass is 9.87. The Labute approximate surface area is 130 Å². The third-order valence-corrected chi connectivity index (χ3v) is 3.30. The SMILES string of the molecule is CC1(O)CC=C(N=Nc2ccc(O)c(C(=O)O)c2)C=C1C(=O)O. The van der Waals surface area contributed by atoms with Crippen molar-refractivity contribution >= 4 is 17.6 Å². The minimum Gasteiger partial charge on any atom is -0.507 e. The van der Waals surface area contributed by atoms with Gasteiger partial charge in [-0.05, 0) is 31.2 Å². The number of carboxylic acids is 2. The lowest BCUT2D eigenvalue weighted by molar-refractivity contribution is -0.135. The monoisotopic (exact) mass is 318 g/mol. The fraction of sp³-hybridized carbons (Fsp3) is 0.200. The quantitative estimate of drug-likeness (QED) is 0.627. The molecule has 1 unspecified atom stereocenters. The Morgan fingerprint density at radius 1 is 1.17 bits per heavy atom. The Balaban J connectivity index is 2.28. The highest BCUT2D eigenvalue weighted by Gasteiger charge is 2.32. The number of allylic oxidation sites excluding steroid dienone is 1. The summed E-state index contributed by atoms with van der Waals surface area (Å²) in [6, 6.07) is 3.69. The molecule has 0 bridgehead atoms. The van der Waals surface area contributed by atoms with Crippen molar-refractivity contribution in [2.45, 2.75) is 18.9 Å². The maximum absolute atomic E-state index is 11.1. The van der Waals surface area contributed by atoms with Crippen molar-refractivity contribution in [2.24, 2.45) is 10.2 Å². The van der Waals surface area contributed by atoms with Crippen LogP contribution in [0.15, 0.2) is 51.8 Å². The number of aromatic carboxylic acids is 1. The van der Waals surface area contributed by atoms with Crippen molar-refractivity contribution in [3.63, 3.8) is 0 Å². The standard InChI is InChI=1S/C15H14N2O6/c1-15(23)5-4-9(7-11(15)14(21)22)17-16-8-2-3-12(18)10(6-8)13(19)20/h2-4,6-7,18,23H,5H2,1H3,(H,19,20)(H,21,22). The number of benzene rings is 1. The van der Waals surface area contributed by atoms with Gasteiger partial charge in [-0.1, -0.05) is 6.08 Å². The molecule has 0 saturated heterocycles. The number of nitrogens with zero attached hydrogens (tertiary/aromatic N) is 2. The summed E-state index contributed by atoms with van der Waals surface area (Å²) in [5, 5.41) is 45.0. The molecule has 1 aliphatic carbocycles. The largest absolute Gasteiger partial charge is 0.507 e. The Morgan fingerprint density at radius 2 is 1.87 bits per heavy atom. The third-order valence-electron chi connectivity index (χ3n) is 3.30. The van der Waals surface area contributed by atoms with Crippen molar-refractivity contribution in [3.05, 3.63) is 47.2 Å². The normalized spacial score (nSPS) is 21.0. The van der Waals surface area contributed by atoms with Crippen LogP contribution in [0.25, 0.3) is 0 Å². The van der Waals surface area contributed by atoms with Crippen LogP contribution in [0.3, 0.4) is 0 Å². The molecule has 4 N–H and O–H groups in total. The molecule has 8 nitrogen and oxygen atoms in total. The van der Waals surface area contributed by atoms with E-state index in [2.05, 4.69) is 10.2 Å². The molecule has 120 valence electrons. The molecule has 2 rings (SSSR count). The number of rotatable bonds is 4. The Morgan fingerprint density at radius 3 is 2.48 bits per heavy atom. The summed E-state index contributed by atoms with van der Waals surface area (Å²) in [7, 11) is 0. The molecule has 0 heterocycles. The molecule has 0 amide bonds. The number of carbonyl (C=O) groups is 2. The van der Waals surface area contributed by atoms with Crippen molar-refractivity contribution in [1.82, 2.24) is 0 Å². The summed E-state index contributed by atoms with van der Waals surface area (Å²) in [6.07, 6.45) is 2.79. The van der Waals surface area contributed by atoms with E-state index in [1.54, 1.807) is 0 Å². The van der Waals surface area contributed by atoms with E-state index >= 15 is 0 Å². The molecule has 0 radical (unpaired) electrons. The average Bonchev–Trinajstić information content (AvgIpc) is 2.46. The van der Waals surface area contributed by atoms with Crippen LogP contribution >= 0.6 is 0 Å². The van der Waals surface area contributed by atoms with E-state index in [-0.39, 0.29) is 28.9 Å². The van der Waals surface area contributed by atoms with E-state index < -0.39 is 23.3 Å². The Kier molecular flexibility index (Phi) is 4.28. The van der Waals surface area contributed by atoms with E-state index in [0.29, 0.717) is 0 Å². The first-order valence-electron chi connectivity index (χ1n) is 6.57. The van der Waals surface area contributed by atoms with Gasteiger partial charge in [-0.3, -0.25) is 0 Å². The zero-order valence-corrected chi connectivity index (χ0v) is 12.1. The minimum absolute atomic E-state index is 0.0649. The number of aliphatic hydroxyl groups is 1. The van der Waals surface area contributed by atoms with Crippen LogP contribution in [-0.4, -0.2) is 38.0 Å². The second-order valence-electron chi connectivity index (χ2n) is 5.18. The number of aliphatic carboxylic acids is 1. The molecule has 1 aromatic rings. The molecule has 0 fully saturated rings. The van der Waals surface area contributed by atoms with Crippen molar-refractivity contribution in [2.75, 3.05) is 0 Å². The van der Waals surface area contributed by atoms with Gasteiger partial charge in [0, 0.05) is 6.42 Å². The predicted molar refractivity (Wildman–Crippen MR) is 78.6 cm³/mol. The van der Waals surface area contributed by atoms with Gasteiger partial charge < -0.3 is 20.4 Å². The molecule has 23 heavy (non-hydrogen) atoms. The molecular weight excluding hydrogens is 304 g/mol. The maximum Gasteiger partial charge on any atom is 0.339 e. The zero-order chi connectivity index (χ0) is 17.2. The molecule has 0 spiro atoms. The van der Waals surface area contributed by atoms with E-state index in [1.807, 2.05) is 0 Å². The number of aromatic hydroxyl groups is 1. The van der Waals surface area contributed by atoms with Crippen molar-refractivity contribution < 1.29 is 30.0 Å². The molecule has 0 aliphatic heterocycles. The Hall–Kier alpha value is -3.00. The first-order chi connectivity index (χ1) is 10.7. The van der Waals surface area contributed by atoms with Crippen LogP contribution in [0.4, 0.5) is 5.69 Å². The predicted octanol–water partition coefficient (Wildman–Crippen LogP) is 2.22. The van der Waals surface area contributed by atoms with Gasteiger partial charge in [0.15, 0.2) is 0 Å². The second-order valence-corrected chi connectivity index (χ2v) is 5.18. The smallest absolute Gasteiger partial charge is 0.339 e. The van der Waals surface area contributed by atoms with Crippen LogP contribution in [0, 0.1) is 0 Å². The number of carboxylic acid groups (broad SMARTS) is 2. The highest BCUT2D eigenvalue weighted by Crippen LogP contribution is 2.30. The van der Waals surface area contributed by atoms with Gasteiger partial charge in [0.1, 0.15) is 11.3 Å². The van der Waals surface area contributed by atoms with Gasteiger partial charge in [-0.25, -0.2) is 9.59 Å². The fourth-order valence-corrected chi connectivity index (χ4v) is 2.01. The molecule has 0 saturated carbocycles. The average molecular weight is 318 g/mol. The maximum atomic E-state index is 11.1. The van der Waals surface area contributed by atoms with E-state index in [9.17, 15) is 19.8 Å². The fourth-order valence-electron chi connectivity index (χ4n) is 2.01. The molecule has 8 heteroatoms. The number of hydrogen-bond acceptors (Lipinski definition) is 6. The third kappa shape index (κ3) is 3.61. The van der Waals surface area contributed by atoms with Gasteiger partial charge in [0.2, 0.25) is 0 Å². The van der Waals surface area contributed by atoms with Crippen molar-refractivity contribution in [1.29, 1.82) is 0 Å². The lowest BCUT2D eigenvalue weighted by Crippen LogP contribution is -2.32. The number of phenols is 1. The van der Waals surface area contributed by atoms with Crippen LogP contribution < -0.4 is 0 Å². The molecule has 1 atom stereocenters. The number of hydrogen-bond donors (Lipinski definition) is 4. The topological polar surface area (TPSA) is 140 Å². The van der Waals surface area contributed by atoms with E-state index in [1.165, 1.54) is 31.2 Å². The van der Waals surface area contributed by atoms with Crippen LogP contribution in [0.1, 0.15) is 23.7 Å². The summed E-state index contributed by atoms with van der Waals surface area (Å²) in [5.74, 6) is -2.95. The van der Waals surface area contributed by atoms with Gasteiger partial charge in [0.25, 0.3) is 0 Å². The van der Waals surface area contributed by atoms with Gasteiger partial charge in [-0.2, -0.15) is 10.2 Å². The summed E-state index contributed by atoms with van der Waals surface area (Å²) in [4.78, 5) is 22.0. The van der Waals surface area contributed by atoms with Crippen molar-refractivity contribution in [3.8, 4) is 5.75 Å². The van der Waals surface area contributed by atoms with Gasteiger partial charge in [-0.15, -0.1) is 0 Å². The van der Waals surface area contributed by atoms with E-state index in [0.717, 1.165) is 6.07 Å². The number of azo groups is 1. The highest BCUT2D eigenvalue weighted by atomic mass is 16.4. The highest BCUT2D eigenvalue weighted by molar-refractivity contribution is 5.91. The summed E-state index contributed by atoms with van der Waals surface area (Å²) in [5.41, 5.74) is -1.59. The Bertz CT molecular complexity index is 761. The van der Waals surface area contributed by atoms with Crippen LogP contribution in [0.2, 0.25) is 0 Å². The molecular formula is C15H14N2O6. The second kappa shape index (κ2) is 6.01. The molecule has 0 aromatic heterocycles. The molecule has 1 aromatic carbocycles. The summed E-state index contributed by atoms with van der Waals surface area (Å²) < 4.78 is 0. The van der Waals surface area contributed by atoms with Gasteiger partial charge >= 0.3 is 11.9 Å². The van der Waals surface area contributed by atoms with Crippen LogP contribution in [-0.2, 0) is 4.79 Å². The zero-order valence-electron chi connectivity index (χ0n) is 12.1.